The van der Waals surface area contributed by atoms with E-state index in [1.165, 1.54) is 54.7 Å². The Morgan fingerprint density at radius 3 is 2.90 bits per heavy atom. The molecule has 0 amide bonds. The fraction of sp³-hybridized carbons (Fsp3) is 0.391. The number of rotatable bonds is 3. The van der Waals surface area contributed by atoms with Gasteiger partial charge in [0.1, 0.15) is 10.6 Å². The number of aromatic nitrogens is 2. The Bertz CT molecular complexity index is 1220. The lowest BCUT2D eigenvalue weighted by molar-refractivity contribution is 0.239. The van der Waals surface area contributed by atoms with Crippen LogP contribution in [0.2, 0.25) is 0 Å². The highest BCUT2D eigenvalue weighted by Gasteiger charge is 2.44. The van der Waals surface area contributed by atoms with Crippen LogP contribution in [-0.4, -0.2) is 22.1 Å². The van der Waals surface area contributed by atoms with Crippen LogP contribution >= 0.6 is 22.7 Å². The van der Waals surface area contributed by atoms with Crippen molar-refractivity contribution in [1.29, 1.82) is 0 Å². The molecule has 1 aliphatic carbocycles. The van der Waals surface area contributed by atoms with Gasteiger partial charge in [0.15, 0.2) is 0 Å². The zero-order valence-electron chi connectivity index (χ0n) is 16.6. The van der Waals surface area contributed by atoms with Gasteiger partial charge >= 0.3 is 0 Å². The summed E-state index contributed by atoms with van der Waals surface area (Å²) in [5.41, 5.74) is 4.19. The van der Waals surface area contributed by atoms with Crippen LogP contribution in [0.15, 0.2) is 36.0 Å². The first-order chi connectivity index (χ1) is 14.7. The van der Waals surface area contributed by atoms with Crippen LogP contribution < -0.4 is 10.6 Å². The molecular weight excluding hydrogens is 415 g/mol. The van der Waals surface area contributed by atoms with Crippen LogP contribution in [0.1, 0.15) is 49.3 Å². The maximum absolute atomic E-state index is 14.7. The first kappa shape index (κ1) is 18.7. The molecule has 6 rings (SSSR count). The summed E-state index contributed by atoms with van der Waals surface area (Å²) in [4.78, 5) is 11.4. The molecule has 4 aromatic rings. The molecule has 1 spiro atoms. The van der Waals surface area contributed by atoms with Gasteiger partial charge in [0.05, 0.1) is 27.1 Å². The smallest absolute Gasteiger partial charge is 0.148 e. The minimum atomic E-state index is -0.256. The van der Waals surface area contributed by atoms with Crippen LogP contribution in [-0.2, 0) is 0 Å². The van der Waals surface area contributed by atoms with Gasteiger partial charge in [-0.05, 0) is 50.1 Å². The standard InChI is InChI=1S/C23H23FN4S2/c24-16-11-21-19(26-13-29-21)12-18(16)28-17-5-8-25-22-14(17)10-20(30-22)15-4-9-27-23(15)6-2-1-3-7-23/h5,8,10-13,15,27H,1-4,6-7,9H2,(H,25,28). The number of hydrogen-bond donors (Lipinski definition) is 2. The molecule has 1 saturated heterocycles. The second-order valence-corrected chi connectivity index (χ2v) is 10.4. The van der Waals surface area contributed by atoms with Gasteiger partial charge in [-0.1, -0.05) is 19.3 Å². The zero-order valence-corrected chi connectivity index (χ0v) is 18.2. The topological polar surface area (TPSA) is 49.8 Å². The van der Waals surface area contributed by atoms with Crippen molar-refractivity contribution in [2.75, 3.05) is 11.9 Å². The van der Waals surface area contributed by atoms with Gasteiger partial charge in [-0.25, -0.2) is 14.4 Å². The molecule has 1 unspecified atom stereocenters. The van der Waals surface area contributed by atoms with Gasteiger partial charge in [0.2, 0.25) is 0 Å². The number of thiophene rings is 1. The molecule has 7 heteroatoms. The number of fused-ring (bicyclic) bond motifs is 2. The molecule has 30 heavy (non-hydrogen) atoms. The van der Waals surface area contributed by atoms with Gasteiger partial charge in [-0.3, -0.25) is 0 Å². The van der Waals surface area contributed by atoms with Crippen LogP contribution in [0.25, 0.3) is 20.4 Å². The van der Waals surface area contributed by atoms with E-state index in [4.69, 9.17) is 0 Å². The summed E-state index contributed by atoms with van der Waals surface area (Å²) in [5.74, 6) is 0.293. The molecule has 3 aromatic heterocycles. The van der Waals surface area contributed by atoms with Gasteiger partial charge in [0.25, 0.3) is 0 Å². The summed E-state index contributed by atoms with van der Waals surface area (Å²) in [5, 5.41) is 8.25. The number of hydrogen-bond acceptors (Lipinski definition) is 6. The van der Waals surface area contributed by atoms with E-state index in [-0.39, 0.29) is 11.4 Å². The lowest BCUT2D eigenvalue weighted by atomic mass is 9.73. The van der Waals surface area contributed by atoms with E-state index >= 15 is 0 Å². The summed E-state index contributed by atoms with van der Waals surface area (Å²) in [6.07, 6.45) is 9.52. The van der Waals surface area contributed by atoms with E-state index in [1.807, 2.05) is 12.3 Å². The van der Waals surface area contributed by atoms with Crippen LogP contribution in [0, 0.1) is 5.82 Å². The second kappa shape index (κ2) is 7.25. The molecule has 1 aliphatic heterocycles. The number of halogens is 1. The van der Waals surface area contributed by atoms with E-state index < -0.39 is 0 Å². The van der Waals surface area contributed by atoms with E-state index in [0.29, 0.717) is 11.6 Å². The van der Waals surface area contributed by atoms with E-state index in [9.17, 15) is 4.39 Å². The first-order valence-electron chi connectivity index (χ1n) is 10.7. The van der Waals surface area contributed by atoms with Crippen molar-refractivity contribution in [3.63, 3.8) is 0 Å². The Morgan fingerprint density at radius 2 is 2.00 bits per heavy atom. The Balaban J connectivity index is 1.38. The monoisotopic (exact) mass is 438 g/mol. The number of pyridine rings is 1. The van der Waals surface area contributed by atoms with Crippen LogP contribution in [0.5, 0.6) is 0 Å². The minimum absolute atomic E-state index is 0.256. The molecule has 4 heterocycles. The molecule has 1 saturated carbocycles. The third-order valence-corrected chi connectivity index (χ3v) is 8.76. The number of benzene rings is 1. The number of nitrogens with one attached hydrogen (secondary N) is 2. The molecule has 154 valence electrons. The van der Waals surface area contributed by atoms with Crippen LogP contribution in [0.4, 0.5) is 15.8 Å². The summed E-state index contributed by atoms with van der Waals surface area (Å²) in [6.45, 7) is 1.09. The van der Waals surface area contributed by atoms with Crippen molar-refractivity contribution < 1.29 is 4.39 Å². The van der Waals surface area contributed by atoms with E-state index in [1.54, 1.807) is 29.0 Å². The molecule has 4 nitrogen and oxygen atoms in total. The van der Waals surface area contributed by atoms with Gasteiger partial charge in [0, 0.05) is 27.9 Å². The predicted molar refractivity (Wildman–Crippen MR) is 124 cm³/mol. The Hall–Kier alpha value is -2.09. The van der Waals surface area contributed by atoms with Crippen molar-refractivity contribution in [2.45, 2.75) is 50.0 Å². The third kappa shape index (κ3) is 3.02. The molecule has 1 atom stereocenters. The first-order valence-corrected chi connectivity index (χ1v) is 12.3. The molecule has 2 aliphatic rings. The second-order valence-electron chi connectivity index (χ2n) is 8.49. The maximum Gasteiger partial charge on any atom is 0.148 e. The zero-order chi connectivity index (χ0) is 20.1. The fourth-order valence-electron chi connectivity index (χ4n) is 5.35. The molecule has 1 aromatic carbocycles. The van der Waals surface area contributed by atoms with Gasteiger partial charge in [-0.2, -0.15) is 0 Å². The van der Waals surface area contributed by atoms with E-state index in [2.05, 4.69) is 26.7 Å². The van der Waals surface area contributed by atoms with Crippen LogP contribution in [0.3, 0.4) is 0 Å². The Kier molecular flexibility index (Phi) is 4.51. The highest BCUT2D eigenvalue weighted by atomic mass is 32.1. The molecule has 0 radical (unpaired) electrons. The summed E-state index contributed by atoms with van der Waals surface area (Å²) in [6, 6.07) is 7.58. The average molecular weight is 439 g/mol. The highest BCUT2D eigenvalue weighted by molar-refractivity contribution is 7.18. The summed E-state index contributed by atoms with van der Waals surface area (Å²) < 4.78 is 15.5. The van der Waals surface area contributed by atoms with Crippen molar-refractivity contribution >= 4 is 54.5 Å². The molecular formula is C23H23FN4S2. The summed E-state index contributed by atoms with van der Waals surface area (Å²) >= 11 is 3.25. The quantitative estimate of drug-likeness (QED) is 0.380. The van der Waals surface area contributed by atoms with Crippen molar-refractivity contribution in [3.05, 3.63) is 46.7 Å². The van der Waals surface area contributed by atoms with Crippen molar-refractivity contribution in [3.8, 4) is 0 Å². The largest absolute Gasteiger partial charge is 0.352 e. The number of anilines is 2. The third-order valence-electron chi connectivity index (χ3n) is 6.81. The molecule has 2 N–H and O–H groups in total. The normalized spacial score (nSPS) is 21.0. The number of thiazole rings is 1. The fourth-order valence-corrected chi connectivity index (χ4v) is 7.31. The number of nitrogens with zero attached hydrogens (tertiary/aromatic N) is 2. The molecule has 0 bridgehead atoms. The van der Waals surface area contributed by atoms with Gasteiger partial charge in [-0.15, -0.1) is 22.7 Å². The van der Waals surface area contributed by atoms with Crippen molar-refractivity contribution in [1.82, 2.24) is 15.3 Å². The molecule has 2 fully saturated rings. The highest BCUT2D eigenvalue weighted by Crippen LogP contribution is 2.48. The maximum atomic E-state index is 14.7. The van der Waals surface area contributed by atoms with Gasteiger partial charge < -0.3 is 10.6 Å². The minimum Gasteiger partial charge on any atom is -0.352 e. The lowest BCUT2D eigenvalue weighted by Crippen LogP contribution is -2.45. The SMILES string of the molecule is Fc1cc2scnc2cc1Nc1ccnc2sc(C3CCNC34CCCCC4)cc12. The predicted octanol–water partition coefficient (Wildman–Crippen LogP) is 6.57. The average Bonchev–Trinajstić information content (AvgIpc) is 3.47. The summed E-state index contributed by atoms with van der Waals surface area (Å²) in [7, 11) is 0. The van der Waals surface area contributed by atoms with Crippen molar-refractivity contribution in [2.24, 2.45) is 0 Å². The van der Waals surface area contributed by atoms with E-state index in [0.717, 1.165) is 32.7 Å². The Morgan fingerprint density at radius 1 is 1.10 bits per heavy atom. The lowest BCUT2D eigenvalue weighted by Gasteiger charge is -2.38. The Labute approximate surface area is 182 Å².